The zero-order valence-corrected chi connectivity index (χ0v) is 16.7. The van der Waals surface area contributed by atoms with Gasteiger partial charge in [0.25, 0.3) is 0 Å². The van der Waals surface area contributed by atoms with Gasteiger partial charge in [-0.15, -0.1) is 0 Å². The lowest BCUT2D eigenvalue weighted by molar-refractivity contribution is 0.0816. The maximum Gasteiger partial charge on any atom is 0.410 e. The van der Waals surface area contributed by atoms with Crippen LogP contribution in [0, 0.1) is 0 Å². The molecule has 0 saturated heterocycles. The van der Waals surface area contributed by atoms with Gasteiger partial charge in [-0.3, -0.25) is 0 Å². The van der Waals surface area contributed by atoms with Gasteiger partial charge in [0.1, 0.15) is 13.2 Å². The average Bonchev–Trinajstić information content (AvgIpc) is 2.77. The summed E-state index contributed by atoms with van der Waals surface area (Å²) in [7, 11) is 1.62. The molecule has 7 heteroatoms. The van der Waals surface area contributed by atoms with Gasteiger partial charge in [0.15, 0.2) is 0 Å². The van der Waals surface area contributed by atoms with Crippen LogP contribution in [0.2, 0.25) is 0 Å². The van der Waals surface area contributed by atoms with Crippen molar-refractivity contribution in [1.82, 2.24) is 9.80 Å². The van der Waals surface area contributed by atoms with E-state index >= 15 is 0 Å². The van der Waals surface area contributed by atoms with Crippen molar-refractivity contribution in [1.29, 1.82) is 0 Å². The number of nitrogens with zero attached hydrogens (tertiary/aromatic N) is 2. The van der Waals surface area contributed by atoms with E-state index < -0.39 is 12.2 Å². The predicted octanol–water partition coefficient (Wildman–Crippen LogP) is 3.28. The van der Waals surface area contributed by atoms with Crippen LogP contribution >= 0.6 is 0 Å². The molecule has 0 aliphatic carbocycles. The molecule has 0 saturated carbocycles. The van der Waals surface area contributed by atoms with Crippen LogP contribution < -0.4 is 0 Å². The molecule has 0 atom stereocenters. The Labute approximate surface area is 171 Å². The van der Waals surface area contributed by atoms with Crippen LogP contribution in [-0.2, 0) is 22.7 Å². The van der Waals surface area contributed by atoms with Crippen molar-refractivity contribution < 1.29 is 24.2 Å². The SMILES string of the molecule is CN(CCN(CCCO)C(=O)OCc1ccccc1)C(=O)OCc1ccccc1. The molecule has 0 fully saturated rings. The first kappa shape index (κ1) is 22.2. The number of hydrogen-bond donors (Lipinski definition) is 1. The molecule has 0 unspecified atom stereocenters. The number of hydrogen-bond acceptors (Lipinski definition) is 5. The van der Waals surface area contributed by atoms with Crippen LogP contribution in [-0.4, -0.2) is 60.4 Å². The van der Waals surface area contributed by atoms with E-state index in [2.05, 4.69) is 0 Å². The Morgan fingerprint density at radius 2 is 1.31 bits per heavy atom. The molecule has 0 aromatic heterocycles. The summed E-state index contributed by atoms with van der Waals surface area (Å²) in [6.07, 6.45) is -0.509. The molecule has 1 N–H and O–H groups in total. The summed E-state index contributed by atoms with van der Waals surface area (Å²) in [5.41, 5.74) is 1.80. The molecule has 7 nitrogen and oxygen atoms in total. The molecule has 0 heterocycles. The first-order valence-electron chi connectivity index (χ1n) is 9.58. The minimum absolute atomic E-state index is 0.0303. The van der Waals surface area contributed by atoms with Crippen molar-refractivity contribution in [2.45, 2.75) is 19.6 Å². The molecule has 0 aliphatic rings. The van der Waals surface area contributed by atoms with Crippen molar-refractivity contribution in [2.24, 2.45) is 0 Å². The van der Waals surface area contributed by atoms with E-state index in [9.17, 15) is 9.59 Å². The minimum Gasteiger partial charge on any atom is -0.445 e. The Hall–Kier alpha value is -3.06. The van der Waals surface area contributed by atoms with Gasteiger partial charge in [-0.25, -0.2) is 9.59 Å². The molecule has 0 radical (unpaired) electrons. The first-order valence-corrected chi connectivity index (χ1v) is 9.58. The Balaban J connectivity index is 1.79. The molecule has 0 bridgehead atoms. The number of ether oxygens (including phenoxy) is 2. The number of aliphatic hydroxyl groups is 1. The molecule has 0 aliphatic heterocycles. The molecule has 2 aromatic carbocycles. The Morgan fingerprint density at radius 3 is 1.83 bits per heavy atom. The number of carbonyl (C=O) groups excluding carboxylic acids is 2. The normalized spacial score (nSPS) is 10.3. The third kappa shape index (κ3) is 8.23. The maximum atomic E-state index is 12.4. The van der Waals surface area contributed by atoms with Crippen LogP contribution in [0.15, 0.2) is 60.7 Å². The fourth-order valence-electron chi connectivity index (χ4n) is 2.56. The topological polar surface area (TPSA) is 79.3 Å². The van der Waals surface area contributed by atoms with Gasteiger partial charge in [0.2, 0.25) is 0 Å². The minimum atomic E-state index is -0.478. The Morgan fingerprint density at radius 1 is 0.793 bits per heavy atom. The smallest absolute Gasteiger partial charge is 0.410 e. The van der Waals surface area contributed by atoms with E-state index in [1.807, 2.05) is 60.7 Å². The summed E-state index contributed by atoms with van der Waals surface area (Å²) in [6, 6.07) is 18.8. The van der Waals surface area contributed by atoms with Crippen LogP contribution in [0.25, 0.3) is 0 Å². The van der Waals surface area contributed by atoms with Gasteiger partial charge < -0.3 is 24.4 Å². The van der Waals surface area contributed by atoms with Gasteiger partial charge in [0, 0.05) is 33.3 Å². The quantitative estimate of drug-likeness (QED) is 0.662. The monoisotopic (exact) mass is 400 g/mol. The third-order valence-electron chi connectivity index (χ3n) is 4.27. The zero-order chi connectivity index (χ0) is 20.9. The van der Waals surface area contributed by atoms with E-state index in [4.69, 9.17) is 14.6 Å². The Bertz CT molecular complexity index is 739. The van der Waals surface area contributed by atoms with Crippen molar-refractivity contribution in [3.8, 4) is 0 Å². The Kier molecular flexibility index (Phi) is 9.51. The van der Waals surface area contributed by atoms with E-state index in [-0.39, 0.29) is 26.4 Å². The molecule has 2 rings (SSSR count). The summed E-state index contributed by atoms with van der Waals surface area (Å²) >= 11 is 0. The van der Waals surface area contributed by atoms with E-state index in [1.54, 1.807) is 7.05 Å². The van der Waals surface area contributed by atoms with Crippen LogP contribution in [0.5, 0.6) is 0 Å². The number of amides is 2. The van der Waals surface area contributed by atoms with Gasteiger partial charge in [-0.2, -0.15) is 0 Å². The summed E-state index contributed by atoms with van der Waals surface area (Å²) in [6.45, 7) is 1.25. The molecule has 2 amide bonds. The van der Waals surface area contributed by atoms with Crippen LogP contribution in [0.4, 0.5) is 9.59 Å². The third-order valence-corrected chi connectivity index (χ3v) is 4.27. The second kappa shape index (κ2) is 12.4. The molecule has 2 aromatic rings. The standard InChI is InChI=1S/C22H28N2O5/c1-23(21(26)28-17-19-9-4-2-5-10-19)14-15-24(13-8-16-25)22(27)29-18-20-11-6-3-7-12-20/h2-7,9-12,25H,8,13-18H2,1H3. The highest BCUT2D eigenvalue weighted by atomic mass is 16.6. The fourth-order valence-corrected chi connectivity index (χ4v) is 2.56. The molecular formula is C22H28N2O5. The van der Waals surface area contributed by atoms with Crippen molar-refractivity contribution in [3.63, 3.8) is 0 Å². The summed E-state index contributed by atoms with van der Waals surface area (Å²) in [4.78, 5) is 27.5. The number of rotatable bonds is 10. The second-order valence-electron chi connectivity index (χ2n) is 6.57. The van der Waals surface area contributed by atoms with Crippen LogP contribution in [0.3, 0.4) is 0 Å². The zero-order valence-electron chi connectivity index (χ0n) is 16.7. The number of likely N-dealkylation sites (N-methyl/N-ethyl adjacent to an activating group) is 1. The molecular weight excluding hydrogens is 372 g/mol. The predicted molar refractivity (Wildman–Crippen MR) is 109 cm³/mol. The van der Waals surface area contributed by atoms with E-state index in [0.717, 1.165) is 11.1 Å². The van der Waals surface area contributed by atoms with Crippen molar-refractivity contribution in [3.05, 3.63) is 71.8 Å². The van der Waals surface area contributed by atoms with Gasteiger partial charge in [-0.05, 0) is 17.5 Å². The fraction of sp³-hybridized carbons (Fsp3) is 0.364. The number of carbonyl (C=O) groups is 2. The summed E-state index contributed by atoms with van der Waals surface area (Å²) < 4.78 is 10.6. The molecule has 29 heavy (non-hydrogen) atoms. The second-order valence-corrected chi connectivity index (χ2v) is 6.57. The first-order chi connectivity index (χ1) is 14.1. The van der Waals surface area contributed by atoms with Gasteiger partial charge in [-0.1, -0.05) is 60.7 Å². The summed E-state index contributed by atoms with van der Waals surface area (Å²) in [5, 5.41) is 9.09. The van der Waals surface area contributed by atoms with Crippen LogP contribution in [0.1, 0.15) is 17.5 Å². The highest BCUT2D eigenvalue weighted by Gasteiger charge is 2.18. The highest BCUT2D eigenvalue weighted by molar-refractivity contribution is 5.68. The number of benzene rings is 2. The van der Waals surface area contributed by atoms with Crippen molar-refractivity contribution >= 4 is 12.2 Å². The lowest BCUT2D eigenvalue weighted by Crippen LogP contribution is -2.40. The highest BCUT2D eigenvalue weighted by Crippen LogP contribution is 2.06. The maximum absolute atomic E-state index is 12.4. The average molecular weight is 400 g/mol. The van der Waals surface area contributed by atoms with E-state index in [0.29, 0.717) is 19.5 Å². The van der Waals surface area contributed by atoms with E-state index in [1.165, 1.54) is 9.80 Å². The van der Waals surface area contributed by atoms with Gasteiger partial charge >= 0.3 is 12.2 Å². The lowest BCUT2D eigenvalue weighted by Gasteiger charge is -2.25. The molecule has 156 valence electrons. The largest absolute Gasteiger partial charge is 0.445 e. The summed E-state index contributed by atoms with van der Waals surface area (Å²) in [5.74, 6) is 0. The molecule has 0 spiro atoms. The van der Waals surface area contributed by atoms with Gasteiger partial charge in [0.05, 0.1) is 0 Å². The number of aliphatic hydroxyl groups excluding tert-OH is 1. The lowest BCUT2D eigenvalue weighted by atomic mass is 10.2. The van der Waals surface area contributed by atoms with Crippen molar-refractivity contribution in [2.75, 3.05) is 33.3 Å².